The maximum absolute atomic E-state index is 12.5. The molecule has 0 atom stereocenters. The van der Waals surface area contributed by atoms with Gasteiger partial charge in [-0.15, -0.1) is 11.3 Å². The number of amides is 2. The van der Waals surface area contributed by atoms with Crippen molar-refractivity contribution in [3.8, 4) is 11.5 Å². The van der Waals surface area contributed by atoms with Crippen molar-refractivity contribution in [2.24, 2.45) is 0 Å². The number of aryl methyl sites for hydroxylation is 1. The molecule has 2 rings (SSSR count). The number of hydrogen-bond acceptors (Lipinski definition) is 5. The molecule has 0 radical (unpaired) electrons. The van der Waals surface area contributed by atoms with E-state index in [1.807, 2.05) is 11.4 Å². The highest BCUT2D eigenvalue weighted by atomic mass is 32.1. The number of carbonyl (C=O) groups is 2. The van der Waals surface area contributed by atoms with Crippen LogP contribution in [0.4, 0.5) is 5.69 Å². The first-order valence-electron chi connectivity index (χ1n) is 8.26. The SMILES string of the molecule is COc1cc(NC(=O)CCCc2cccs2)c(C(=O)N(C)C)cc1OC. The fourth-order valence-corrected chi connectivity index (χ4v) is 3.24. The third-order valence-electron chi connectivity index (χ3n) is 3.84. The van der Waals surface area contributed by atoms with E-state index in [1.54, 1.807) is 37.6 Å². The summed E-state index contributed by atoms with van der Waals surface area (Å²) in [5.74, 6) is 0.534. The van der Waals surface area contributed by atoms with E-state index < -0.39 is 0 Å². The van der Waals surface area contributed by atoms with Gasteiger partial charge in [-0.05, 0) is 30.4 Å². The van der Waals surface area contributed by atoms with Crippen LogP contribution in [0.25, 0.3) is 0 Å². The molecule has 0 saturated heterocycles. The molecule has 0 saturated carbocycles. The number of hydrogen-bond donors (Lipinski definition) is 1. The molecule has 1 aromatic carbocycles. The monoisotopic (exact) mass is 376 g/mol. The van der Waals surface area contributed by atoms with E-state index in [0.717, 1.165) is 12.8 Å². The summed E-state index contributed by atoms with van der Waals surface area (Å²) in [5, 5.41) is 4.86. The Morgan fingerprint density at radius 1 is 1.15 bits per heavy atom. The molecule has 1 aromatic heterocycles. The van der Waals surface area contributed by atoms with Gasteiger partial charge in [-0.2, -0.15) is 0 Å². The summed E-state index contributed by atoms with van der Waals surface area (Å²) >= 11 is 1.68. The Morgan fingerprint density at radius 3 is 2.42 bits per heavy atom. The van der Waals surface area contributed by atoms with Gasteiger partial charge in [-0.3, -0.25) is 9.59 Å². The average Bonchev–Trinajstić information content (AvgIpc) is 3.14. The third kappa shape index (κ3) is 4.98. The first-order valence-corrected chi connectivity index (χ1v) is 9.14. The van der Waals surface area contributed by atoms with Crippen LogP contribution >= 0.6 is 11.3 Å². The van der Waals surface area contributed by atoms with Crippen LogP contribution in [0, 0.1) is 0 Å². The summed E-state index contributed by atoms with van der Waals surface area (Å²) < 4.78 is 10.5. The second-order valence-corrected chi connectivity index (χ2v) is 6.97. The molecule has 0 spiro atoms. The zero-order valence-corrected chi connectivity index (χ0v) is 16.3. The van der Waals surface area contributed by atoms with Crippen LogP contribution in [-0.2, 0) is 11.2 Å². The zero-order chi connectivity index (χ0) is 19.1. The Labute approximate surface area is 157 Å². The first kappa shape index (κ1) is 19.8. The van der Waals surface area contributed by atoms with Gasteiger partial charge in [0, 0.05) is 31.5 Å². The molecule has 0 aliphatic heterocycles. The van der Waals surface area contributed by atoms with Crippen molar-refractivity contribution in [2.75, 3.05) is 33.6 Å². The highest BCUT2D eigenvalue weighted by Gasteiger charge is 2.19. The predicted molar refractivity (Wildman–Crippen MR) is 103 cm³/mol. The van der Waals surface area contributed by atoms with E-state index in [4.69, 9.17) is 9.47 Å². The summed E-state index contributed by atoms with van der Waals surface area (Å²) in [6.45, 7) is 0. The van der Waals surface area contributed by atoms with Gasteiger partial charge in [0.1, 0.15) is 0 Å². The number of carbonyl (C=O) groups excluding carboxylic acids is 2. The van der Waals surface area contributed by atoms with Crippen LogP contribution < -0.4 is 14.8 Å². The van der Waals surface area contributed by atoms with E-state index in [9.17, 15) is 9.59 Å². The molecular weight excluding hydrogens is 352 g/mol. The standard InChI is InChI=1S/C19H24N2O4S/c1-21(2)19(23)14-11-16(24-3)17(25-4)12-15(14)20-18(22)9-5-7-13-8-6-10-26-13/h6,8,10-12H,5,7,9H2,1-4H3,(H,20,22). The lowest BCUT2D eigenvalue weighted by Gasteiger charge is -2.18. The van der Waals surface area contributed by atoms with Crippen molar-refractivity contribution in [3.05, 3.63) is 40.1 Å². The minimum Gasteiger partial charge on any atom is -0.493 e. The van der Waals surface area contributed by atoms with Crippen LogP contribution in [0.1, 0.15) is 28.1 Å². The van der Waals surface area contributed by atoms with E-state index in [1.165, 1.54) is 24.0 Å². The molecule has 6 nitrogen and oxygen atoms in total. The largest absolute Gasteiger partial charge is 0.493 e. The molecule has 1 heterocycles. The second-order valence-electron chi connectivity index (χ2n) is 5.93. The van der Waals surface area contributed by atoms with Crippen LogP contribution in [0.3, 0.4) is 0 Å². The topological polar surface area (TPSA) is 67.9 Å². The smallest absolute Gasteiger partial charge is 0.255 e. The van der Waals surface area contributed by atoms with Gasteiger partial charge in [0.05, 0.1) is 25.5 Å². The fraction of sp³-hybridized carbons (Fsp3) is 0.368. The lowest BCUT2D eigenvalue weighted by molar-refractivity contribution is -0.116. The van der Waals surface area contributed by atoms with Gasteiger partial charge in [0.2, 0.25) is 5.91 Å². The molecule has 0 bridgehead atoms. The van der Waals surface area contributed by atoms with Crippen LogP contribution in [0.5, 0.6) is 11.5 Å². The van der Waals surface area contributed by atoms with Crippen molar-refractivity contribution in [1.82, 2.24) is 4.90 Å². The number of nitrogens with zero attached hydrogens (tertiary/aromatic N) is 1. The Kier molecular flexibility index (Phi) is 7.03. The molecule has 0 unspecified atom stereocenters. The minimum absolute atomic E-state index is 0.137. The molecular formula is C19H24N2O4S. The molecule has 0 aliphatic rings. The fourth-order valence-electron chi connectivity index (χ4n) is 2.49. The van der Waals surface area contributed by atoms with Crippen LogP contribution in [0.15, 0.2) is 29.6 Å². The van der Waals surface area contributed by atoms with Crippen molar-refractivity contribution >= 4 is 28.8 Å². The maximum Gasteiger partial charge on any atom is 0.255 e. The van der Waals surface area contributed by atoms with E-state index in [-0.39, 0.29) is 11.8 Å². The van der Waals surface area contributed by atoms with Crippen LogP contribution in [-0.4, -0.2) is 45.0 Å². The van der Waals surface area contributed by atoms with Gasteiger partial charge >= 0.3 is 0 Å². The van der Waals surface area contributed by atoms with Crippen molar-refractivity contribution in [1.29, 1.82) is 0 Å². The Hall–Kier alpha value is -2.54. The zero-order valence-electron chi connectivity index (χ0n) is 15.5. The third-order valence-corrected chi connectivity index (χ3v) is 4.78. The summed E-state index contributed by atoms with van der Waals surface area (Å²) in [5.41, 5.74) is 0.779. The van der Waals surface area contributed by atoms with Crippen molar-refractivity contribution < 1.29 is 19.1 Å². The molecule has 26 heavy (non-hydrogen) atoms. The lowest BCUT2D eigenvalue weighted by atomic mass is 10.1. The number of methoxy groups -OCH3 is 2. The quantitative estimate of drug-likeness (QED) is 0.766. The van der Waals surface area contributed by atoms with Gasteiger partial charge in [-0.25, -0.2) is 0 Å². The molecule has 0 aliphatic carbocycles. The van der Waals surface area contributed by atoms with Gasteiger partial charge in [0.15, 0.2) is 11.5 Å². The number of benzene rings is 1. The predicted octanol–water partition coefficient (Wildman–Crippen LogP) is 3.43. The second kappa shape index (κ2) is 9.24. The number of anilines is 1. The minimum atomic E-state index is -0.222. The van der Waals surface area contributed by atoms with Gasteiger partial charge < -0.3 is 19.7 Å². The number of nitrogens with one attached hydrogen (secondary N) is 1. The number of ether oxygens (including phenoxy) is 2. The summed E-state index contributed by atoms with van der Waals surface area (Å²) in [6.07, 6.45) is 1.99. The lowest BCUT2D eigenvalue weighted by Crippen LogP contribution is -2.24. The number of thiophene rings is 1. The summed E-state index contributed by atoms with van der Waals surface area (Å²) in [6, 6.07) is 7.27. The number of rotatable bonds is 8. The summed E-state index contributed by atoms with van der Waals surface area (Å²) in [4.78, 5) is 27.5. The molecule has 140 valence electrons. The molecule has 2 amide bonds. The summed E-state index contributed by atoms with van der Waals surface area (Å²) in [7, 11) is 6.33. The maximum atomic E-state index is 12.5. The Balaban J connectivity index is 2.14. The van der Waals surface area contributed by atoms with Gasteiger partial charge in [-0.1, -0.05) is 6.07 Å². The van der Waals surface area contributed by atoms with E-state index in [0.29, 0.717) is 29.2 Å². The van der Waals surface area contributed by atoms with Crippen molar-refractivity contribution in [2.45, 2.75) is 19.3 Å². The van der Waals surface area contributed by atoms with E-state index in [2.05, 4.69) is 11.4 Å². The van der Waals surface area contributed by atoms with Crippen molar-refractivity contribution in [3.63, 3.8) is 0 Å². The van der Waals surface area contributed by atoms with E-state index >= 15 is 0 Å². The highest BCUT2D eigenvalue weighted by Crippen LogP contribution is 2.34. The molecule has 7 heteroatoms. The average molecular weight is 376 g/mol. The van der Waals surface area contributed by atoms with Gasteiger partial charge in [0.25, 0.3) is 5.91 Å². The molecule has 1 N–H and O–H groups in total. The molecule has 0 fully saturated rings. The first-order chi connectivity index (χ1) is 12.5. The Bertz CT molecular complexity index is 757. The normalized spacial score (nSPS) is 10.3. The van der Waals surface area contributed by atoms with Crippen LogP contribution in [0.2, 0.25) is 0 Å². The Morgan fingerprint density at radius 2 is 1.85 bits per heavy atom. The molecule has 2 aromatic rings. The highest BCUT2D eigenvalue weighted by molar-refractivity contribution is 7.09.